The molecule has 3 rings (SSSR count). The molecule has 0 saturated heterocycles. The van der Waals surface area contributed by atoms with Crippen LogP contribution >= 0.6 is 0 Å². The molecule has 1 N–H and O–H groups in total. The minimum Gasteiger partial charge on any atom is -0.341 e. The van der Waals surface area contributed by atoms with Crippen molar-refractivity contribution in [2.75, 3.05) is 11.9 Å². The summed E-state index contributed by atoms with van der Waals surface area (Å²) >= 11 is 0. The number of anilines is 2. The summed E-state index contributed by atoms with van der Waals surface area (Å²) in [5.41, 5.74) is 1.79. The molecular formula is C16H16N6O2. The summed E-state index contributed by atoms with van der Waals surface area (Å²) in [7, 11) is 1.82. The lowest BCUT2D eigenvalue weighted by Crippen LogP contribution is -2.15. The van der Waals surface area contributed by atoms with Gasteiger partial charge in [-0.25, -0.2) is 15.0 Å². The highest BCUT2D eigenvalue weighted by molar-refractivity contribution is 5.70. The molecule has 0 atom stereocenters. The number of para-hydroxylation sites is 1. The van der Waals surface area contributed by atoms with Gasteiger partial charge in [-0.15, -0.1) is 0 Å². The van der Waals surface area contributed by atoms with Crippen LogP contribution in [0.15, 0.2) is 36.5 Å². The minimum absolute atomic E-state index is 0.121. The molecule has 2 heterocycles. The third kappa shape index (κ3) is 2.81. The second-order valence-electron chi connectivity index (χ2n) is 5.34. The molecule has 0 amide bonds. The van der Waals surface area contributed by atoms with Crippen LogP contribution in [-0.4, -0.2) is 31.9 Å². The van der Waals surface area contributed by atoms with Crippen LogP contribution < -0.4 is 4.90 Å². The van der Waals surface area contributed by atoms with Gasteiger partial charge < -0.3 is 9.88 Å². The van der Waals surface area contributed by atoms with Crippen molar-refractivity contribution in [1.82, 2.24) is 19.9 Å². The summed E-state index contributed by atoms with van der Waals surface area (Å²) in [6.45, 7) is 3.38. The highest BCUT2D eigenvalue weighted by Gasteiger charge is 2.25. The molecule has 3 aromatic rings. The number of aromatic amines is 1. The van der Waals surface area contributed by atoms with Gasteiger partial charge in [0.1, 0.15) is 11.5 Å². The fourth-order valence-electron chi connectivity index (χ4n) is 2.42. The molecule has 122 valence electrons. The molecule has 0 aliphatic heterocycles. The SMILES string of the molecule is Cc1ncc(-c2nc(N(C)c3ccccc3)nc(C)c2[N+](=O)[O-])[nH]1. The van der Waals surface area contributed by atoms with Gasteiger partial charge in [0.15, 0.2) is 5.69 Å². The van der Waals surface area contributed by atoms with Crippen LogP contribution in [0.3, 0.4) is 0 Å². The van der Waals surface area contributed by atoms with Gasteiger partial charge in [0.25, 0.3) is 0 Å². The predicted molar refractivity (Wildman–Crippen MR) is 90.2 cm³/mol. The first-order chi connectivity index (χ1) is 11.5. The number of imidazole rings is 1. The normalized spacial score (nSPS) is 10.6. The molecule has 2 aromatic heterocycles. The van der Waals surface area contributed by atoms with Gasteiger partial charge >= 0.3 is 5.69 Å². The van der Waals surface area contributed by atoms with Crippen LogP contribution in [0.1, 0.15) is 11.5 Å². The number of nitrogens with one attached hydrogen (secondary N) is 1. The van der Waals surface area contributed by atoms with Crippen molar-refractivity contribution in [3.05, 3.63) is 58.2 Å². The highest BCUT2D eigenvalue weighted by atomic mass is 16.6. The summed E-state index contributed by atoms with van der Waals surface area (Å²) in [5, 5.41) is 11.5. The summed E-state index contributed by atoms with van der Waals surface area (Å²) in [6.07, 6.45) is 1.54. The second-order valence-corrected chi connectivity index (χ2v) is 5.34. The number of aromatic nitrogens is 4. The zero-order valence-electron chi connectivity index (χ0n) is 13.5. The molecule has 0 spiro atoms. The first-order valence-electron chi connectivity index (χ1n) is 7.31. The van der Waals surface area contributed by atoms with Crippen molar-refractivity contribution in [1.29, 1.82) is 0 Å². The van der Waals surface area contributed by atoms with E-state index in [1.54, 1.807) is 18.7 Å². The Morgan fingerprint density at radius 3 is 2.46 bits per heavy atom. The van der Waals surface area contributed by atoms with E-state index < -0.39 is 4.92 Å². The number of rotatable bonds is 4. The largest absolute Gasteiger partial charge is 0.341 e. The van der Waals surface area contributed by atoms with Crippen molar-refractivity contribution in [3.8, 4) is 11.4 Å². The second kappa shape index (κ2) is 6.07. The van der Waals surface area contributed by atoms with Gasteiger partial charge in [0.2, 0.25) is 5.95 Å². The zero-order chi connectivity index (χ0) is 17.3. The first-order valence-corrected chi connectivity index (χ1v) is 7.31. The van der Waals surface area contributed by atoms with Gasteiger partial charge in [0.05, 0.1) is 16.8 Å². The van der Waals surface area contributed by atoms with Crippen LogP contribution in [0.25, 0.3) is 11.4 Å². The van der Waals surface area contributed by atoms with Crippen LogP contribution in [-0.2, 0) is 0 Å². The van der Waals surface area contributed by atoms with Crippen molar-refractivity contribution in [2.24, 2.45) is 0 Å². The van der Waals surface area contributed by atoms with E-state index in [0.29, 0.717) is 23.2 Å². The fourth-order valence-corrected chi connectivity index (χ4v) is 2.42. The van der Waals surface area contributed by atoms with Crippen LogP contribution in [0.5, 0.6) is 0 Å². The van der Waals surface area contributed by atoms with E-state index in [2.05, 4.69) is 19.9 Å². The Bertz CT molecular complexity index is 891. The lowest BCUT2D eigenvalue weighted by molar-refractivity contribution is -0.385. The van der Waals surface area contributed by atoms with Crippen LogP contribution in [0.4, 0.5) is 17.3 Å². The summed E-state index contributed by atoms with van der Waals surface area (Å²) in [6, 6.07) is 9.56. The third-order valence-corrected chi connectivity index (χ3v) is 3.63. The lowest BCUT2D eigenvalue weighted by Gasteiger charge is -2.18. The number of aryl methyl sites for hydroxylation is 2. The molecule has 8 nitrogen and oxygen atoms in total. The van der Waals surface area contributed by atoms with E-state index >= 15 is 0 Å². The average molecular weight is 324 g/mol. The Hall–Kier alpha value is -3.29. The standard InChI is InChI=1S/C16H16N6O2/c1-10-15(22(23)24)14(13-9-17-11(2)19-13)20-16(18-10)21(3)12-7-5-4-6-8-12/h4-9H,1-3H3,(H,17,19). The number of hydrogen-bond donors (Lipinski definition) is 1. The molecule has 8 heteroatoms. The Morgan fingerprint density at radius 2 is 1.88 bits per heavy atom. The average Bonchev–Trinajstić information content (AvgIpc) is 3.00. The number of nitro groups is 1. The van der Waals surface area contributed by atoms with Gasteiger partial charge in [-0.3, -0.25) is 10.1 Å². The summed E-state index contributed by atoms with van der Waals surface area (Å²) in [5.74, 6) is 1.04. The van der Waals surface area contributed by atoms with E-state index in [1.165, 1.54) is 6.20 Å². The molecule has 0 radical (unpaired) electrons. The van der Waals surface area contributed by atoms with Gasteiger partial charge in [-0.2, -0.15) is 0 Å². The van der Waals surface area contributed by atoms with Crippen molar-refractivity contribution < 1.29 is 4.92 Å². The van der Waals surface area contributed by atoms with E-state index in [4.69, 9.17) is 0 Å². The number of hydrogen-bond acceptors (Lipinski definition) is 6. The first kappa shape index (κ1) is 15.6. The van der Waals surface area contributed by atoms with Gasteiger partial charge in [-0.1, -0.05) is 18.2 Å². The Kier molecular flexibility index (Phi) is 3.95. The van der Waals surface area contributed by atoms with Gasteiger partial charge in [-0.05, 0) is 26.0 Å². The molecule has 0 saturated carbocycles. The molecule has 24 heavy (non-hydrogen) atoms. The van der Waals surface area contributed by atoms with Crippen molar-refractivity contribution in [3.63, 3.8) is 0 Å². The molecule has 1 aromatic carbocycles. The highest BCUT2D eigenvalue weighted by Crippen LogP contribution is 2.32. The maximum absolute atomic E-state index is 11.5. The monoisotopic (exact) mass is 324 g/mol. The number of H-pyrrole nitrogens is 1. The van der Waals surface area contributed by atoms with Crippen molar-refractivity contribution in [2.45, 2.75) is 13.8 Å². The van der Waals surface area contributed by atoms with Crippen molar-refractivity contribution >= 4 is 17.3 Å². The maximum atomic E-state index is 11.5. The van der Waals surface area contributed by atoms with E-state index in [0.717, 1.165) is 5.69 Å². The lowest BCUT2D eigenvalue weighted by atomic mass is 10.2. The third-order valence-electron chi connectivity index (χ3n) is 3.63. The Labute approximate surface area is 138 Å². The molecule has 0 aliphatic carbocycles. The molecule has 0 fully saturated rings. The van der Waals surface area contributed by atoms with E-state index in [-0.39, 0.29) is 11.4 Å². The van der Waals surface area contributed by atoms with E-state index in [1.807, 2.05) is 37.4 Å². The summed E-state index contributed by atoms with van der Waals surface area (Å²) in [4.78, 5) is 28.6. The predicted octanol–water partition coefficient (Wildman–Crippen LogP) is 3.16. The van der Waals surface area contributed by atoms with E-state index in [9.17, 15) is 10.1 Å². The smallest absolute Gasteiger partial charge is 0.318 e. The molecule has 0 aliphatic rings. The number of nitrogens with zero attached hydrogens (tertiary/aromatic N) is 5. The quantitative estimate of drug-likeness (QED) is 0.584. The Balaban J connectivity index is 2.16. The van der Waals surface area contributed by atoms with Crippen LogP contribution in [0.2, 0.25) is 0 Å². The summed E-state index contributed by atoms with van der Waals surface area (Å²) < 4.78 is 0. The fraction of sp³-hybridized carbons (Fsp3) is 0.188. The topological polar surface area (TPSA) is 101 Å². The molecule has 0 unspecified atom stereocenters. The maximum Gasteiger partial charge on any atom is 0.318 e. The zero-order valence-corrected chi connectivity index (χ0v) is 13.5. The molecular weight excluding hydrogens is 308 g/mol. The molecule has 0 bridgehead atoms. The Morgan fingerprint density at radius 1 is 1.17 bits per heavy atom. The van der Waals surface area contributed by atoms with Crippen LogP contribution in [0, 0.1) is 24.0 Å². The van der Waals surface area contributed by atoms with Gasteiger partial charge in [0, 0.05) is 12.7 Å². The minimum atomic E-state index is -0.465. The number of benzene rings is 1.